The summed E-state index contributed by atoms with van der Waals surface area (Å²) in [6, 6.07) is 11.7. The third-order valence-corrected chi connectivity index (χ3v) is 4.93. The molecule has 0 heterocycles. The van der Waals surface area contributed by atoms with E-state index in [0.717, 1.165) is 33.4 Å². The molecule has 0 aliphatic heterocycles. The Labute approximate surface area is 196 Å². The summed E-state index contributed by atoms with van der Waals surface area (Å²) in [6.07, 6.45) is 4.30. The van der Waals surface area contributed by atoms with E-state index in [1.165, 1.54) is 0 Å². The molecule has 6 nitrogen and oxygen atoms in total. The molecular formula is C22H26IN3O3S. The zero-order chi connectivity index (χ0) is 21.8. The number of para-hydroxylation sites is 1. The van der Waals surface area contributed by atoms with Gasteiger partial charge in [-0.3, -0.25) is 5.43 Å². The number of hydrazone groups is 1. The molecule has 0 aromatic heterocycles. The van der Waals surface area contributed by atoms with Crippen LogP contribution in [-0.4, -0.2) is 38.2 Å². The standard InChI is InChI=1S/C22H26IN3O3S/c1-4-8-17-9-6-7-10-19(17)28-11-12-29-21-18(23)13-16(14-20(21)27-3)15-25-26-22(30)24-5-2/h4,6-7,9-10,13-15H,1,5,8,11-12H2,2-3H3,(H2,24,26,30)/b25-15-. The third-order valence-electron chi connectivity index (χ3n) is 3.89. The lowest BCUT2D eigenvalue weighted by Gasteiger charge is -2.15. The van der Waals surface area contributed by atoms with Crippen LogP contribution in [0.2, 0.25) is 0 Å². The fourth-order valence-corrected chi connectivity index (χ4v) is 3.56. The van der Waals surface area contributed by atoms with Gasteiger partial charge in [-0.25, -0.2) is 0 Å². The van der Waals surface area contributed by atoms with Crippen LogP contribution in [0, 0.1) is 3.57 Å². The Hall–Kier alpha value is -2.33. The zero-order valence-electron chi connectivity index (χ0n) is 17.1. The van der Waals surface area contributed by atoms with Gasteiger partial charge in [0.15, 0.2) is 16.6 Å². The Balaban J connectivity index is 1.96. The Morgan fingerprint density at radius 1 is 1.20 bits per heavy atom. The highest BCUT2D eigenvalue weighted by Crippen LogP contribution is 2.33. The molecule has 0 spiro atoms. The van der Waals surface area contributed by atoms with Crippen molar-refractivity contribution >= 4 is 46.1 Å². The minimum Gasteiger partial charge on any atom is -0.493 e. The summed E-state index contributed by atoms with van der Waals surface area (Å²) in [7, 11) is 1.61. The van der Waals surface area contributed by atoms with Crippen molar-refractivity contribution in [2.45, 2.75) is 13.3 Å². The maximum absolute atomic E-state index is 5.94. The topological polar surface area (TPSA) is 64.1 Å². The molecule has 0 fully saturated rings. The molecule has 0 saturated carbocycles. The molecule has 0 saturated heterocycles. The molecule has 30 heavy (non-hydrogen) atoms. The van der Waals surface area contributed by atoms with E-state index < -0.39 is 0 Å². The highest BCUT2D eigenvalue weighted by Gasteiger charge is 2.11. The highest BCUT2D eigenvalue weighted by atomic mass is 127. The first-order valence-corrected chi connectivity index (χ1v) is 11.0. The molecule has 2 rings (SSSR count). The quantitative estimate of drug-likeness (QED) is 0.111. The average molecular weight is 539 g/mol. The van der Waals surface area contributed by atoms with Crippen LogP contribution < -0.4 is 25.0 Å². The Morgan fingerprint density at radius 3 is 2.70 bits per heavy atom. The molecule has 0 unspecified atom stereocenters. The molecule has 160 valence electrons. The van der Waals surface area contributed by atoms with E-state index in [0.29, 0.717) is 29.8 Å². The van der Waals surface area contributed by atoms with Crippen LogP contribution in [0.3, 0.4) is 0 Å². The second kappa shape index (κ2) is 13.1. The summed E-state index contributed by atoms with van der Waals surface area (Å²) in [5, 5.41) is 7.58. The van der Waals surface area contributed by atoms with Gasteiger partial charge in [0.25, 0.3) is 0 Å². The number of halogens is 1. The maximum Gasteiger partial charge on any atom is 0.186 e. The van der Waals surface area contributed by atoms with Crippen molar-refractivity contribution in [3.63, 3.8) is 0 Å². The highest BCUT2D eigenvalue weighted by molar-refractivity contribution is 14.1. The molecule has 2 N–H and O–H groups in total. The molecule has 2 aromatic carbocycles. The second-order valence-corrected chi connectivity index (χ2v) is 7.63. The molecule has 0 aliphatic carbocycles. The number of ether oxygens (including phenoxy) is 3. The van der Waals surface area contributed by atoms with Crippen molar-refractivity contribution in [3.8, 4) is 17.2 Å². The Kier molecular flexibility index (Phi) is 10.4. The molecule has 0 aliphatic rings. The van der Waals surface area contributed by atoms with Gasteiger partial charge in [-0.15, -0.1) is 6.58 Å². The summed E-state index contributed by atoms with van der Waals surface area (Å²) in [5.74, 6) is 2.15. The van der Waals surface area contributed by atoms with Gasteiger partial charge in [0.2, 0.25) is 0 Å². The number of hydrogen-bond acceptors (Lipinski definition) is 5. The van der Waals surface area contributed by atoms with Crippen LogP contribution >= 0.6 is 34.8 Å². The van der Waals surface area contributed by atoms with Crippen LogP contribution in [0.15, 0.2) is 54.2 Å². The fourth-order valence-electron chi connectivity index (χ4n) is 2.58. The van der Waals surface area contributed by atoms with Gasteiger partial charge in [0, 0.05) is 6.54 Å². The van der Waals surface area contributed by atoms with Crippen molar-refractivity contribution in [2.75, 3.05) is 26.9 Å². The first-order chi connectivity index (χ1) is 14.6. The predicted molar refractivity (Wildman–Crippen MR) is 134 cm³/mol. The van der Waals surface area contributed by atoms with Gasteiger partial charge in [0.1, 0.15) is 19.0 Å². The number of rotatable bonds is 11. The SMILES string of the molecule is C=CCc1ccccc1OCCOc1c(I)cc(/C=N\NC(=S)NCC)cc1OC. The summed E-state index contributed by atoms with van der Waals surface area (Å²) < 4.78 is 18.2. The predicted octanol–water partition coefficient (Wildman–Crippen LogP) is 4.30. The molecular weight excluding hydrogens is 513 g/mol. The van der Waals surface area contributed by atoms with E-state index >= 15 is 0 Å². The summed E-state index contributed by atoms with van der Waals surface area (Å²) in [5.41, 5.74) is 4.74. The number of benzene rings is 2. The summed E-state index contributed by atoms with van der Waals surface area (Å²) in [4.78, 5) is 0. The van der Waals surface area contributed by atoms with Crippen LogP contribution in [0.25, 0.3) is 0 Å². The number of allylic oxidation sites excluding steroid dienone is 1. The number of nitrogens with one attached hydrogen (secondary N) is 2. The lowest BCUT2D eigenvalue weighted by Crippen LogP contribution is -2.31. The van der Waals surface area contributed by atoms with E-state index in [4.69, 9.17) is 26.4 Å². The zero-order valence-corrected chi connectivity index (χ0v) is 20.1. The third kappa shape index (κ3) is 7.49. The Morgan fingerprint density at radius 2 is 1.97 bits per heavy atom. The van der Waals surface area contributed by atoms with Crippen molar-refractivity contribution < 1.29 is 14.2 Å². The van der Waals surface area contributed by atoms with Crippen molar-refractivity contribution in [3.05, 3.63) is 63.8 Å². The van der Waals surface area contributed by atoms with E-state index in [-0.39, 0.29) is 0 Å². The number of thiocarbonyl (C=S) groups is 1. The molecule has 0 amide bonds. The molecule has 8 heteroatoms. The van der Waals surface area contributed by atoms with E-state index in [9.17, 15) is 0 Å². The smallest absolute Gasteiger partial charge is 0.186 e. The van der Waals surface area contributed by atoms with E-state index in [1.54, 1.807) is 13.3 Å². The monoisotopic (exact) mass is 539 g/mol. The van der Waals surface area contributed by atoms with Crippen molar-refractivity contribution in [2.24, 2.45) is 5.10 Å². The Bertz CT molecular complexity index is 890. The molecule has 0 atom stereocenters. The van der Waals surface area contributed by atoms with Gasteiger partial charge >= 0.3 is 0 Å². The molecule has 0 bridgehead atoms. The van der Waals surface area contributed by atoms with E-state index in [1.807, 2.05) is 49.4 Å². The largest absolute Gasteiger partial charge is 0.493 e. The van der Waals surface area contributed by atoms with E-state index in [2.05, 4.69) is 45.0 Å². The lowest BCUT2D eigenvalue weighted by atomic mass is 10.1. The van der Waals surface area contributed by atoms with Crippen LogP contribution in [-0.2, 0) is 6.42 Å². The normalized spacial score (nSPS) is 10.5. The summed E-state index contributed by atoms with van der Waals surface area (Å²) >= 11 is 7.30. The van der Waals surface area contributed by atoms with Crippen LogP contribution in [0.1, 0.15) is 18.1 Å². The van der Waals surface area contributed by atoms with Gasteiger partial charge in [0.05, 0.1) is 16.9 Å². The average Bonchev–Trinajstić information content (AvgIpc) is 2.73. The fraction of sp³-hybridized carbons (Fsp3) is 0.273. The first-order valence-electron chi connectivity index (χ1n) is 9.47. The minimum atomic E-state index is 0.390. The second-order valence-electron chi connectivity index (χ2n) is 6.06. The maximum atomic E-state index is 5.94. The van der Waals surface area contributed by atoms with Gasteiger partial charge in [-0.2, -0.15) is 5.10 Å². The minimum absolute atomic E-state index is 0.390. The number of nitrogens with zero attached hydrogens (tertiary/aromatic N) is 1. The number of methoxy groups -OCH3 is 1. The summed E-state index contributed by atoms with van der Waals surface area (Å²) in [6.45, 7) is 7.30. The van der Waals surface area contributed by atoms with Crippen molar-refractivity contribution in [1.29, 1.82) is 0 Å². The van der Waals surface area contributed by atoms with Crippen LogP contribution in [0.5, 0.6) is 17.2 Å². The van der Waals surface area contributed by atoms with Gasteiger partial charge in [-0.1, -0.05) is 24.3 Å². The molecule has 0 radical (unpaired) electrons. The van der Waals surface area contributed by atoms with Crippen molar-refractivity contribution in [1.82, 2.24) is 10.7 Å². The van der Waals surface area contributed by atoms with Crippen LogP contribution in [0.4, 0.5) is 0 Å². The lowest BCUT2D eigenvalue weighted by molar-refractivity contribution is 0.209. The van der Waals surface area contributed by atoms with Gasteiger partial charge < -0.3 is 19.5 Å². The van der Waals surface area contributed by atoms with Gasteiger partial charge in [-0.05, 0) is 77.5 Å². The number of hydrogen-bond donors (Lipinski definition) is 2. The first kappa shape index (κ1) is 23.9. The molecule has 2 aromatic rings.